The van der Waals surface area contributed by atoms with Crippen molar-refractivity contribution in [3.8, 4) is 5.69 Å². The van der Waals surface area contributed by atoms with Gasteiger partial charge in [0.1, 0.15) is 11.6 Å². The van der Waals surface area contributed by atoms with E-state index in [1.54, 1.807) is 24.3 Å². The van der Waals surface area contributed by atoms with Crippen molar-refractivity contribution < 1.29 is 18.0 Å². The van der Waals surface area contributed by atoms with Gasteiger partial charge in [0.2, 0.25) is 21.8 Å². The highest BCUT2D eigenvalue weighted by molar-refractivity contribution is 7.89. The van der Waals surface area contributed by atoms with Gasteiger partial charge in [0.05, 0.1) is 16.3 Å². The molecule has 4 rings (SSSR count). The van der Waals surface area contributed by atoms with Crippen molar-refractivity contribution in [3.05, 3.63) is 41.2 Å². The molecule has 0 aliphatic carbocycles. The van der Waals surface area contributed by atoms with Gasteiger partial charge >= 0.3 is 0 Å². The Bertz CT molecular complexity index is 1360. The van der Waals surface area contributed by atoms with Crippen LogP contribution in [0.5, 0.6) is 0 Å². The average Bonchev–Trinajstić information content (AvgIpc) is 3.21. The molecule has 1 aromatic heterocycles. The van der Waals surface area contributed by atoms with E-state index in [0.29, 0.717) is 51.4 Å². The van der Waals surface area contributed by atoms with Crippen LogP contribution in [0.1, 0.15) is 69.8 Å². The van der Waals surface area contributed by atoms with Crippen molar-refractivity contribution in [2.45, 2.75) is 89.7 Å². The molecule has 11 heteroatoms. The Morgan fingerprint density at radius 3 is 2.29 bits per heavy atom. The Kier molecular flexibility index (Phi) is 9.30. The summed E-state index contributed by atoms with van der Waals surface area (Å²) in [6.07, 6.45) is 3.73. The minimum Gasteiger partial charge on any atom is -0.342 e. The number of hydrogen-bond acceptors (Lipinski definition) is 6. The second kappa shape index (κ2) is 12.2. The van der Waals surface area contributed by atoms with Crippen LogP contribution in [0.2, 0.25) is 0 Å². The van der Waals surface area contributed by atoms with Crippen LogP contribution in [0.25, 0.3) is 5.69 Å². The number of benzene rings is 1. The minimum atomic E-state index is -3.50. The summed E-state index contributed by atoms with van der Waals surface area (Å²) in [6.45, 7) is 13.0. The van der Waals surface area contributed by atoms with Gasteiger partial charge in [-0.15, -0.1) is 0 Å². The van der Waals surface area contributed by atoms with E-state index in [-0.39, 0.29) is 16.7 Å². The molecule has 0 radical (unpaired) electrons. The molecule has 1 N–H and O–H groups in total. The molecule has 2 fully saturated rings. The Balaban J connectivity index is 1.49. The lowest BCUT2D eigenvalue weighted by molar-refractivity contribution is -0.161. The highest BCUT2D eigenvalue weighted by Crippen LogP contribution is 2.35. The number of likely N-dealkylation sites (tertiary alicyclic amines) is 1. The Morgan fingerprint density at radius 1 is 1.10 bits per heavy atom. The van der Waals surface area contributed by atoms with E-state index >= 15 is 0 Å². The zero-order valence-electron chi connectivity index (χ0n) is 25.6. The summed E-state index contributed by atoms with van der Waals surface area (Å²) in [5.41, 5.74) is 3.05. The number of rotatable bonds is 10. The maximum Gasteiger partial charge on any atom is 0.246 e. The lowest BCUT2D eigenvalue weighted by Crippen LogP contribution is -2.73. The molecule has 10 nitrogen and oxygen atoms in total. The zero-order valence-corrected chi connectivity index (χ0v) is 26.4. The van der Waals surface area contributed by atoms with E-state index in [9.17, 15) is 18.0 Å². The first-order chi connectivity index (χ1) is 19.3. The van der Waals surface area contributed by atoms with Crippen LogP contribution in [0.4, 0.5) is 0 Å². The fourth-order valence-corrected chi connectivity index (χ4v) is 6.98. The van der Waals surface area contributed by atoms with Crippen LogP contribution < -0.4 is 5.32 Å². The van der Waals surface area contributed by atoms with Gasteiger partial charge in [-0.25, -0.2) is 17.4 Å². The summed E-state index contributed by atoms with van der Waals surface area (Å²) < 4.78 is 28.0. The van der Waals surface area contributed by atoms with E-state index in [1.165, 1.54) is 18.4 Å². The van der Waals surface area contributed by atoms with Crippen molar-refractivity contribution in [2.24, 2.45) is 5.92 Å². The van der Waals surface area contributed by atoms with Gasteiger partial charge < -0.3 is 10.2 Å². The number of nitrogens with one attached hydrogen (secondary N) is 1. The number of hydrogen-bond donors (Lipinski definition) is 1. The molecule has 1 aromatic carbocycles. The molecule has 226 valence electrons. The first-order valence-electron chi connectivity index (χ1n) is 14.7. The van der Waals surface area contributed by atoms with Gasteiger partial charge in [-0.3, -0.25) is 14.5 Å². The second-order valence-corrected chi connectivity index (χ2v) is 14.3. The third-order valence-electron chi connectivity index (χ3n) is 8.62. The normalized spacial score (nSPS) is 19.9. The fraction of sp³-hybridized carbons (Fsp3) is 0.633. The van der Waals surface area contributed by atoms with E-state index in [1.807, 2.05) is 23.4 Å². The van der Waals surface area contributed by atoms with Crippen LogP contribution in [0, 0.1) is 19.8 Å². The van der Waals surface area contributed by atoms with Crippen molar-refractivity contribution in [1.29, 1.82) is 0 Å². The summed E-state index contributed by atoms with van der Waals surface area (Å²) in [4.78, 5) is 31.6. The number of carbonyl (C=O) groups is 2. The summed E-state index contributed by atoms with van der Waals surface area (Å²) in [7, 11) is -0.466. The van der Waals surface area contributed by atoms with Gasteiger partial charge in [-0.2, -0.15) is 5.10 Å². The van der Waals surface area contributed by atoms with Crippen LogP contribution in [-0.4, -0.2) is 89.4 Å². The maximum atomic E-state index is 13.6. The van der Waals surface area contributed by atoms with Gasteiger partial charge in [0.25, 0.3) is 0 Å². The Labute approximate surface area is 245 Å². The highest BCUT2D eigenvalue weighted by atomic mass is 32.2. The number of carbonyl (C=O) groups excluding carboxylic acids is 2. The van der Waals surface area contributed by atoms with Gasteiger partial charge in [-0.05, 0) is 69.7 Å². The number of nitrogens with zero attached hydrogens (tertiary/aromatic N) is 5. The minimum absolute atomic E-state index is 0.00147. The van der Waals surface area contributed by atoms with E-state index in [4.69, 9.17) is 5.10 Å². The van der Waals surface area contributed by atoms with Gasteiger partial charge in [0.15, 0.2) is 0 Å². The Hall–Kier alpha value is -2.76. The summed E-state index contributed by atoms with van der Waals surface area (Å²) >= 11 is 0. The van der Waals surface area contributed by atoms with Crippen molar-refractivity contribution in [1.82, 2.24) is 29.2 Å². The lowest BCUT2D eigenvalue weighted by Gasteiger charge is -2.52. The van der Waals surface area contributed by atoms with Crippen LogP contribution in [-0.2, 0) is 26.2 Å². The number of aromatic nitrogens is 2. The largest absolute Gasteiger partial charge is 0.342 e. The number of aryl methyl sites for hydroxylation is 1. The predicted octanol–water partition coefficient (Wildman–Crippen LogP) is 3.25. The molecule has 1 spiro atoms. The molecular formula is C30H46N6O4S. The summed E-state index contributed by atoms with van der Waals surface area (Å²) in [5.74, 6) is 0.389. The third-order valence-corrected chi connectivity index (χ3v) is 10.4. The molecule has 0 saturated carbocycles. The Morgan fingerprint density at radius 2 is 1.73 bits per heavy atom. The quantitative estimate of drug-likeness (QED) is 0.458. The molecule has 2 aliphatic heterocycles. The number of sulfonamides is 1. The van der Waals surface area contributed by atoms with Crippen molar-refractivity contribution in [3.63, 3.8) is 0 Å². The zero-order chi connectivity index (χ0) is 30.1. The smallest absolute Gasteiger partial charge is 0.246 e. The molecule has 2 amide bonds. The molecule has 3 heterocycles. The van der Waals surface area contributed by atoms with Crippen LogP contribution in [0.3, 0.4) is 0 Å². The second-order valence-electron chi connectivity index (χ2n) is 12.1. The first-order valence-corrected chi connectivity index (χ1v) is 16.2. The molecule has 0 unspecified atom stereocenters. The molecule has 0 bridgehead atoms. The van der Waals surface area contributed by atoms with E-state index in [0.717, 1.165) is 35.5 Å². The van der Waals surface area contributed by atoms with Gasteiger partial charge in [0, 0.05) is 51.5 Å². The maximum absolute atomic E-state index is 13.6. The third kappa shape index (κ3) is 6.08. The van der Waals surface area contributed by atoms with Crippen molar-refractivity contribution in [2.75, 3.05) is 33.7 Å². The molecule has 41 heavy (non-hydrogen) atoms. The van der Waals surface area contributed by atoms with Crippen molar-refractivity contribution >= 4 is 21.8 Å². The highest BCUT2D eigenvalue weighted by Gasteiger charge is 2.53. The lowest BCUT2D eigenvalue weighted by atomic mass is 9.80. The topological polar surface area (TPSA) is 108 Å². The number of unbranched alkanes of at least 4 members (excludes halogenated alkanes) is 1. The van der Waals surface area contributed by atoms with Gasteiger partial charge in [-0.1, -0.05) is 27.2 Å². The van der Waals surface area contributed by atoms with Crippen LogP contribution >= 0.6 is 0 Å². The molecule has 2 aromatic rings. The SMILES string of the molecule is CCCCN1C(=O)[C@H](CC(C)C)NC(=O)C12CCN(Cc1c(C)nn(-c3ccc(S(=O)(=O)N(C)C)cc3)c1C)CC2. The number of piperidine rings is 1. The summed E-state index contributed by atoms with van der Waals surface area (Å²) in [6, 6.07) is 6.34. The monoisotopic (exact) mass is 586 g/mol. The number of piperazine rings is 1. The molecule has 2 saturated heterocycles. The fourth-order valence-electron chi connectivity index (χ4n) is 6.07. The predicted molar refractivity (Wildman–Crippen MR) is 159 cm³/mol. The molecular weight excluding hydrogens is 540 g/mol. The first kappa shape index (κ1) is 31.2. The van der Waals surface area contributed by atoms with E-state index in [2.05, 4.69) is 31.0 Å². The van der Waals surface area contributed by atoms with E-state index < -0.39 is 21.6 Å². The molecule has 1 atom stereocenters. The molecule has 2 aliphatic rings. The van der Waals surface area contributed by atoms with Crippen LogP contribution in [0.15, 0.2) is 29.2 Å². The standard InChI is InChI=1S/C30H46N6O4S/c1-8-9-16-35-28(37)27(19-21(2)3)31-29(38)30(35)14-17-34(18-15-30)20-26-22(4)32-36(23(26)5)24-10-12-25(13-11-24)41(39,40)33(6)7/h10-13,21,27H,8-9,14-20H2,1-7H3,(H,31,38)/t27-/m0/s1. The summed E-state index contributed by atoms with van der Waals surface area (Å²) in [5, 5.41) is 7.85. The average molecular weight is 587 g/mol. The number of amides is 2.